The van der Waals surface area contributed by atoms with Crippen LogP contribution in [0.3, 0.4) is 0 Å². The molecule has 1 fully saturated rings. The Hall–Kier alpha value is -1.72. The van der Waals surface area contributed by atoms with Crippen molar-refractivity contribution in [3.8, 4) is 0 Å². The molecule has 1 aliphatic heterocycles. The number of methoxy groups -OCH3 is 1. The van der Waals surface area contributed by atoms with Crippen molar-refractivity contribution in [3.63, 3.8) is 0 Å². The largest absolute Gasteiger partial charge is 0.508 e. The zero-order valence-electron chi connectivity index (χ0n) is 7.65. The van der Waals surface area contributed by atoms with E-state index < -0.39 is 18.2 Å². The number of ether oxygens (including phenoxy) is 4. The molecule has 0 aliphatic carbocycles. The van der Waals surface area contributed by atoms with Gasteiger partial charge in [-0.15, -0.1) is 0 Å². The second kappa shape index (κ2) is 4.50. The van der Waals surface area contributed by atoms with Crippen LogP contribution in [0.4, 0.5) is 4.79 Å². The van der Waals surface area contributed by atoms with E-state index in [0.29, 0.717) is 0 Å². The fourth-order valence-electron chi connectivity index (χ4n) is 0.780. The Balaban J connectivity index is 2.24. The van der Waals surface area contributed by atoms with E-state index in [2.05, 4.69) is 20.8 Å². The molecule has 1 rings (SSSR count). The van der Waals surface area contributed by atoms with Crippen LogP contribution in [-0.4, -0.2) is 38.6 Å². The standard InChI is InChI=1S/C8H10O6/c1-5(11-2)7(9)12-3-6-4-13-8(10)14-6/h6H,1,3-4H2,2H3. The number of carbonyl (C=O) groups is 2. The highest BCUT2D eigenvalue weighted by Gasteiger charge is 2.26. The maximum absolute atomic E-state index is 11.0. The van der Waals surface area contributed by atoms with Crippen LogP contribution in [-0.2, 0) is 23.7 Å². The van der Waals surface area contributed by atoms with Crippen molar-refractivity contribution in [3.05, 3.63) is 12.3 Å². The normalized spacial score (nSPS) is 19.5. The zero-order valence-corrected chi connectivity index (χ0v) is 7.65. The number of hydrogen-bond acceptors (Lipinski definition) is 6. The molecular weight excluding hydrogens is 192 g/mol. The van der Waals surface area contributed by atoms with Crippen LogP contribution in [0.15, 0.2) is 12.3 Å². The molecule has 0 aromatic rings. The van der Waals surface area contributed by atoms with Crippen molar-refractivity contribution < 1.29 is 28.5 Å². The minimum Gasteiger partial charge on any atom is -0.490 e. The highest BCUT2D eigenvalue weighted by atomic mass is 16.8. The molecule has 1 heterocycles. The smallest absolute Gasteiger partial charge is 0.490 e. The van der Waals surface area contributed by atoms with E-state index in [1.165, 1.54) is 7.11 Å². The van der Waals surface area contributed by atoms with Crippen LogP contribution in [0, 0.1) is 0 Å². The predicted octanol–water partition coefficient (Wildman–Crippen LogP) is 0.225. The number of cyclic esters (lactones) is 2. The fourth-order valence-corrected chi connectivity index (χ4v) is 0.780. The highest BCUT2D eigenvalue weighted by Crippen LogP contribution is 2.07. The molecule has 6 heteroatoms. The summed E-state index contributed by atoms with van der Waals surface area (Å²) in [4.78, 5) is 21.4. The summed E-state index contributed by atoms with van der Waals surface area (Å²) < 4.78 is 18.3. The molecule has 6 nitrogen and oxygen atoms in total. The lowest BCUT2D eigenvalue weighted by Gasteiger charge is -2.08. The second-order valence-electron chi connectivity index (χ2n) is 2.53. The molecule has 1 saturated heterocycles. The van der Waals surface area contributed by atoms with Gasteiger partial charge in [-0.05, 0) is 6.58 Å². The first kappa shape index (κ1) is 10.4. The lowest BCUT2D eigenvalue weighted by Crippen LogP contribution is -2.21. The molecule has 1 atom stereocenters. The number of carbonyl (C=O) groups excluding carboxylic acids is 2. The Morgan fingerprint density at radius 3 is 2.93 bits per heavy atom. The Morgan fingerprint density at radius 1 is 1.71 bits per heavy atom. The molecule has 0 amide bonds. The lowest BCUT2D eigenvalue weighted by molar-refractivity contribution is -0.144. The Bertz CT molecular complexity index is 259. The van der Waals surface area contributed by atoms with E-state index >= 15 is 0 Å². The number of rotatable bonds is 4. The molecule has 0 spiro atoms. The monoisotopic (exact) mass is 202 g/mol. The van der Waals surface area contributed by atoms with Gasteiger partial charge in [0.15, 0.2) is 11.9 Å². The molecule has 0 aromatic heterocycles. The first-order chi connectivity index (χ1) is 6.63. The third-order valence-corrected chi connectivity index (χ3v) is 1.52. The van der Waals surface area contributed by atoms with Gasteiger partial charge in [-0.3, -0.25) is 0 Å². The first-order valence-corrected chi connectivity index (χ1v) is 3.87. The van der Waals surface area contributed by atoms with Gasteiger partial charge in [0.05, 0.1) is 7.11 Å². The van der Waals surface area contributed by atoms with Gasteiger partial charge in [-0.25, -0.2) is 9.59 Å². The van der Waals surface area contributed by atoms with Crippen LogP contribution in [0.5, 0.6) is 0 Å². The molecule has 1 aliphatic rings. The quantitative estimate of drug-likeness (QED) is 0.369. The predicted molar refractivity (Wildman–Crippen MR) is 43.3 cm³/mol. The van der Waals surface area contributed by atoms with E-state index in [-0.39, 0.29) is 19.0 Å². The molecular formula is C8H10O6. The van der Waals surface area contributed by atoms with Crippen molar-refractivity contribution in [1.29, 1.82) is 0 Å². The maximum Gasteiger partial charge on any atom is 0.508 e. The van der Waals surface area contributed by atoms with Crippen molar-refractivity contribution >= 4 is 12.1 Å². The van der Waals surface area contributed by atoms with E-state index in [1.54, 1.807) is 0 Å². The van der Waals surface area contributed by atoms with Crippen molar-refractivity contribution in [1.82, 2.24) is 0 Å². The SMILES string of the molecule is C=C(OC)C(=O)OCC1COC(=O)O1. The summed E-state index contributed by atoms with van der Waals surface area (Å²) >= 11 is 0. The van der Waals surface area contributed by atoms with Gasteiger partial charge in [0.1, 0.15) is 13.2 Å². The summed E-state index contributed by atoms with van der Waals surface area (Å²) in [6.07, 6.45) is -1.30. The van der Waals surface area contributed by atoms with Crippen LogP contribution < -0.4 is 0 Å². The zero-order chi connectivity index (χ0) is 10.6. The molecule has 0 aromatic carbocycles. The third kappa shape index (κ3) is 2.65. The summed E-state index contributed by atoms with van der Waals surface area (Å²) in [7, 11) is 1.31. The van der Waals surface area contributed by atoms with E-state index in [9.17, 15) is 9.59 Å². The number of esters is 1. The Morgan fingerprint density at radius 2 is 2.43 bits per heavy atom. The van der Waals surface area contributed by atoms with Crippen LogP contribution in [0.1, 0.15) is 0 Å². The summed E-state index contributed by atoms with van der Waals surface area (Å²) in [6, 6.07) is 0. The van der Waals surface area contributed by atoms with E-state index in [1.807, 2.05) is 0 Å². The van der Waals surface area contributed by atoms with Gasteiger partial charge in [0, 0.05) is 0 Å². The second-order valence-corrected chi connectivity index (χ2v) is 2.53. The Labute approximate surface area is 80.4 Å². The van der Waals surface area contributed by atoms with Gasteiger partial charge in [0.2, 0.25) is 0 Å². The van der Waals surface area contributed by atoms with Gasteiger partial charge < -0.3 is 18.9 Å². The molecule has 0 saturated carbocycles. The molecule has 14 heavy (non-hydrogen) atoms. The van der Waals surface area contributed by atoms with Gasteiger partial charge >= 0.3 is 12.1 Å². The minimum absolute atomic E-state index is 0.0625. The Kier molecular flexibility index (Phi) is 3.33. The molecule has 0 bridgehead atoms. The summed E-state index contributed by atoms with van der Waals surface area (Å²) in [5.74, 6) is -0.786. The topological polar surface area (TPSA) is 71.1 Å². The fraction of sp³-hybridized carbons (Fsp3) is 0.500. The third-order valence-electron chi connectivity index (χ3n) is 1.52. The van der Waals surface area contributed by atoms with Gasteiger partial charge in [0.25, 0.3) is 0 Å². The maximum atomic E-state index is 11.0. The minimum atomic E-state index is -0.753. The van der Waals surface area contributed by atoms with Crippen molar-refractivity contribution in [2.45, 2.75) is 6.10 Å². The average Bonchev–Trinajstić information content (AvgIpc) is 2.59. The number of hydrogen-bond donors (Lipinski definition) is 0. The molecule has 0 N–H and O–H groups in total. The lowest BCUT2D eigenvalue weighted by atomic mass is 10.4. The first-order valence-electron chi connectivity index (χ1n) is 3.87. The molecule has 1 unspecified atom stereocenters. The summed E-state index contributed by atoms with van der Waals surface area (Å²) in [5.41, 5.74) is 0. The van der Waals surface area contributed by atoms with Crippen molar-refractivity contribution in [2.24, 2.45) is 0 Å². The summed E-state index contributed by atoms with van der Waals surface area (Å²) in [6.45, 7) is 3.32. The summed E-state index contributed by atoms with van der Waals surface area (Å²) in [5, 5.41) is 0. The van der Waals surface area contributed by atoms with E-state index in [0.717, 1.165) is 0 Å². The van der Waals surface area contributed by atoms with E-state index in [4.69, 9.17) is 4.74 Å². The average molecular weight is 202 g/mol. The highest BCUT2D eigenvalue weighted by molar-refractivity contribution is 5.85. The van der Waals surface area contributed by atoms with Crippen LogP contribution in [0.25, 0.3) is 0 Å². The van der Waals surface area contributed by atoms with Crippen molar-refractivity contribution in [2.75, 3.05) is 20.3 Å². The molecule has 78 valence electrons. The van der Waals surface area contributed by atoms with Gasteiger partial charge in [-0.2, -0.15) is 0 Å². The molecule has 0 radical (unpaired) electrons. The van der Waals surface area contributed by atoms with Crippen LogP contribution >= 0.6 is 0 Å². The van der Waals surface area contributed by atoms with Crippen LogP contribution in [0.2, 0.25) is 0 Å². The van der Waals surface area contributed by atoms with Gasteiger partial charge in [-0.1, -0.05) is 0 Å².